The summed E-state index contributed by atoms with van der Waals surface area (Å²) in [5.41, 5.74) is -1.04. The molecule has 6 heteroatoms. The Kier molecular flexibility index (Phi) is 4.22. The lowest BCUT2D eigenvalue weighted by atomic mass is 9.99. The zero-order chi connectivity index (χ0) is 14.9. The third-order valence-corrected chi connectivity index (χ3v) is 4.85. The zero-order valence-corrected chi connectivity index (χ0v) is 12.6. The molecule has 2 rings (SSSR count). The number of carboxylic acids is 1. The minimum Gasteiger partial charge on any atom is -0.480 e. The maximum absolute atomic E-state index is 12.7. The Hall–Kier alpha value is -1.30. The normalized spacial score (nSPS) is 31.6. The molecule has 2 aliphatic rings. The SMILES string of the molecule is CCC1CN(C(=O)N2CCCC2(C)C(=O)O)CCN1C. The van der Waals surface area contributed by atoms with Crippen molar-refractivity contribution in [2.45, 2.75) is 44.7 Å². The van der Waals surface area contributed by atoms with E-state index in [1.165, 1.54) is 0 Å². The first-order valence-electron chi connectivity index (χ1n) is 7.40. The Morgan fingerprint density at radius 1 is 1.30 bits per heavy atom. The molecule has 2 saturated heterocycles. The Bertz CT molecular complexity index is 401. The molecular weight excluding hydrogens is 258 g/mol. The largest absolute Gasteiger partial charge is 0.480 e. The summed E-state index contributed by atoms with van der Waals surface area (Å²) < 4.78 is 0. The van der Waals surface area contributed by atoms with E-state index in [0.717, 1.165) is 19.4 Å². The quantitative estimate of drug-likeness (QED) is 0.823. The van der Waals surface area contributed by atoms with Gasteiger partial charge in [0.15, 0.2) is 0 Å². The highest BCUT2D eigenvalue weighted by Gasteiger charge is 2.47. The molecule has 0 aliphatic carbocycles. The number of carbonyl (C=O) groups is 2. The standard InChI is InChI=1S/C14H25N3O3/c1-4-11-10-16(9-8-15(11)3)13(20)17-7-5-6-14(17,2)12(18)19/h11H,4-10H2,1-3H3,(H,18,19). The zero-order valence-electron chi connectivity index (χ0n) is 12.6. The number of piperazine rings is 1. The molecule has 0 aromatic heterocycles. The summed E-state index contributed by atoms with van der Waals surface area (Å²) in [5.74, 6) is -0.899. The highest BCUT2D eigenvalue weighted by molar-refractivity contribution is 5.86. The van der Waals surface area contributed by atoms with E-state index in [1.54, 1.807) is 11.8 Å². The number of likely N-dealkylation sites (tertiary alicyclic amines) is 1. The second-order valence-corrected chi connectivity index (χ2v) is 6.11. The summed E-state index contributed by atoms with van der Waals surface area (Å²) in [4.78, 5) is 29.8. The maximum Gasteiger partial charge on any atom is 0.329 e. The molecule has 0 bridgehead atoms. The van der Waals surface area contributed by atoms with Crippen LogP contribution in [0.1, 0.15) is 33.1 Å². The summed E-state index contributed by atoms with van der Waals surface area (Å²) in [6.07, 6.45) is 2.30. The molecule has 0 saturated carbocycles. The van der Waals surface area contributed by atoms with Crippen LogP contribution < -0.4 is 0 Å². The van der Waals surface area contributed by atoms with Gasteiger partial charge in [0, 0.05) is 32.2 Å². The highest BCUT2D eigenvalue weighted by atomic mass is 16.4. The number of amides is 2. The van der Waals surface area contributed by atoms with Crippen LogP contribution in [0.15, 0.2) is 0 Å². The monoisotopic (exact) mass is 283 g/mol. The third-order valence-electron chi connectivity index (χ3n) is 4.85. The molecule has 6 nitrogen and oxygen atoms in total. The van der Waals surface area contributed by atoms with Crippen molar-refractivity contribution in [1.82, 2.24) is 14.7 Å². The number of carbonyl (C=O) groups excluding carboxylic acids is 1. The van der Waals surface area contributed by atoms with E-state index < -0.39 is 11.5 Å². The van der Waals surface area contributed by atoms with Crippen LogP contribution in [0.2, 0.25) is 0 Å². The predicted molar refractivity (Wildman–Crippen MR) is 75.7 cm³/mol. The number of hydrogen-bond donors (Lipinski definition) is 1. The summed E-state index contributed by atoms with van der Waals surface area (Å²) in [5, 5.41) is 9.41. The van der Waals surface area contributed by atoms with Crippen LogP contribution in [-0.2, 0) is 4.79 Å². The van der Waals surface area contributed by atoms with Gasteiger partial charge in [-0.3, -0.25) is 4.90 Å². The van der Waals surface area contributed by atoms with Gasteiger partial charge in [-0.15, -0.1) is 0 Å². The van der Waals surface area contributed by atoms with Gasteiger partial charge in [0.25, 0.3) is 0 Å². The van der Waals surface area contributed by atoms with Crippen molar-refractivity contribution in [3.05, 3.63) is 0 Å². The lowest BCUT2D eigenvalue weighted by Crippen LogP contribution is -2.60. The smallest absolute Gasteiger partial charge is 0.329 e. The molecule has 0 aromatic rings. The fourth-order valence-electron chi connectivity index (χ4n) is 3.22. The number of urea groups is 1. The van der Waals surface area contributed by atoms with Gasteiger partial charge in [-0.25, -0.2) is 9.59 Å². The van der Waals surface area contributed by atoms with Crippen LogP contribution in [0.5, 0.6) is 0 Å². The van der Waals surface area contributed by atoms with Crippen LogP contribution in [-0.4, -0.2) is 76.6 Å². The van der Waals surface area contributed by atoms with Crippen LogP contribution in [0.4, 0.5) is 4.79 Å². The minimum absolute atomic E-state index is 0.112. The van der Waals surface area contributed by atoms with Gasteiger partial charge in [-0.2, -0.15) is 0 Å². The average molecular weight is 283 g/mol. The van der Waals surface area contributed by atoms with Gasteiger partial charge >= 0.3 is 12.0 Å². The topological polar surface area (TPSA) is 64.1 Å². The Morgan fingerprint density at radius 2 is 2.00 bits per heavy atom. The number of hydrogen-bond acceptors (Lipinski definition) is 3. The molecule has 114 valence electrons. The average Bonchev–Trinajstić information content (AvgIpc) is 2.82. The van der Waals surface area contributed by atoms with Crippen LogP contribution in [0.25, 0.3) is 0 Å². The molecule has 1 N–H and O–H groups in total. The summed E-state index contributed by atoms with van der Waals surface area (Å²) in [6, 6.07) is 0.255. The fourth-order valence-corrected chi connectivity index (χ4v) is 3.22. The molecular formula is C14H25N3O3. The van der Waals surface area contributed by atoms with E-state index in [1.807, 2.05) is 4.90 Å². The summed E-state index contributed by atoms with van der Waals surface area (Å²) >= 11 is 0. The first kappa shape index (κ1) is 15.1. The summed E-state index contributed by atoms with van der Waals surface area (Å²) in [7, 11) is 2.08. The van der Waals surface area contributed by atoms with Crippen LogP contribution in [0.3, 0.4) is 0 Å². The van der Waals surface area contributed by atoms with Crippen molar-refractivity contribution in [2.75, 3.05) is 33.2 Å². The van der Waals surface area contributed by atoms with E-state index in [-0.39, 0.29) is 6.03 Å². The van der Waals surface area contributed by atoms with Crippen molar-refractivity contribution in [1.29, 1.82) is 0 Å². The molecule has 2 amide bonds. The van der Waals surface area contributed by atoms with Gasteiger partial charge in [0.1, 0.15) is 5.54 Å². The highest BCUT2D eigenvalue weighted by Crippen LogP contribution is 2.30. The lowest BCUT2D eigenvalue weighted by Gasteiger charge is -2.42. The van der Waals surface area contributed by atoms with E-state index in [0.29, 0.717) is 32.1 Å². The molecule has 0 radical (unpaired) electrons. The molecule has 0 aromatic carbocycles. The van der Waals surface area contributed by atoms with Crippen molar-refractivity contribution < 1.29 is 14.7 Å². The molecule has 2 unspecified atom stereocenters. The second kappa shape index (κ2) is 5.60. The maximum atomic E-state index is 12.7. The van der Waals surface area contributed by atoms with Crippen molar-refractivity contribution in [2.24, 2.45) is 0 Å². The van der Waals surface area contributed by atoms with Crippen molar-refractivity contribution >= 4 is 12.0 Å². The van der Waals surface area contributed by atoms with Crippen LogP contribution >= 0.6 is 0 Å². The third kappa shape index (κ3) is 2.49. The Balaban J connectivity index is 2.09. The minimum atomic E-state index is -1.04. The fraction of sp³-hybridized carbons (Fsp3) is 0.857. The number of rotatable bonds is 2. The molecule has 2 fully saturated rings. The van der Waals surface area contributed by atoms with Gasteiger partial charge in [-0.05, 0) is 33.2 Å². The van der Waals surface area contributed by atoms with E-state index in [9.17, 15) is 14.7 Å². The van der Waals surface area contributed by atoms with Crippen molar-refractivity contribution in [3.63, 3.8) is 0 Å². The first-order valence-corrected chi connectivity index (χ1v) is 7.40. The molecule has 20 heavy (non-hydrogen) atoms. The van der Waals surface area contributed by atoms with Crippen molar-refractivity contribution in [3.8, 4) is 0 Å². The van der Waals surface area contributed by atoms with Gasteiger partial charge in [-0.1, -0.05) is 6.92 Å². The molecule has 2 atom stereocenters. The van der Waals surface area contributed by atoms with E-state index in [4.69, 9.17) is 0 Å². The van der Waals surface area contributed by atoms with Gasteiger partial charge in [0.2, 0.25) is 0 Å². The Morgan fingerprint density at radius 3 is 2.60 bits per heavy atom. The molecule has 2 heterocycles. The number of likely N-dealkylation sites (N-methyl/N-ethyl adjacent to an activating group) is 1. The predicted octanol–water partition coefficient (Wildman–Crippen LogP) is 1.07. The van der Waals surface area contributed by atoms with E-state index >= 15 is 0 Å². The van der Waals surface area contributed by atoms with E-state index in [2.05, 4.69) is 18.9 Å². The molecule has 2 aliphatic heterocycles. The first-order chi connectivity index (χ1) is 9.40. The number of aliphatic carboxylic acids is 1. The van der Waals surface area contributed by atoms with Gasteiger partial charge in [0.05, 0.1) is 0 Å². The molecule has 0 spiro atoms. The lowest BCUT2D eigenvalue weighted by molar-refractivity contribution is -0.147. The number of nitrogens with zero attached hydrogens (tertiary/aromatic N) is 3. The summed E-state index contributed by atoms with van der Waals surface area (Å²) in [6.45, 7) is 6.54. The Labute approximate surface area is 120 Å². The van der Waals surface area contributed by atoms with Crippen LogP contribution in [0, 0.1) is 0 Å². The van der Waals surface area contributed by atoms with Gasteiger partial charge < -0.3 is 14.9 Å². The number of carboxylic acid groups (broad SMARTS) is 1. The second-order valence-electron chi connectivity index (χ2n) is 6.11.